The molecule has 3 heterocycles. The fourth-order valence-electron chi connectivity index (χ4n) is 3.56. The van der Waals surface area contributed by atoms with Crippen molar-refractivity contribution in [1.29, 1.82) is 0 Å². The maximum absolute atomic E-state index is 13.1. The minimum Gasteiger partial charge on any atom is -0.330 e. The molecule has 2 aliphatic rings. The van der Waals surface area contributed by atoms with E-state index in [4.69, 9.17) is 0 Å². The number of nitrogens with zero attached hydrogens (tertiary/aromatic N) is 4. The Morgan fingerprint density at radius 2 is 2.00 bits per heavy atom. The standard InChI is InChI=1S/C17H18FN5O2/c1-10-19-16-14(3-2-8-22(16)21-10)23-15(24)9-13(20-17(23)25)11-4-6-12(18)7-5-11/h4-7,13-14H,2-3,8-9H2,1H3,(H,20,25). The number of benzene rings is 1. The molecule has 0 saturated carbocycles. The molecule has 2 atom stereocenters. The lowest BCUT2D eigenvalue weighted by atomic mass is 9.98. The highest BCUT2D eigenvalue weighted by atomic mass is 19.1. The smallest absolute Gasteiger partial charge is 0.325 e. The van der Waals surface area contributed by atoms with Gasteiger partial charge in [-0.1, -0.05) is 12.1 Å². The van der Waals surface area contributed by atoms with Gasteiger partial charge in [-0.05, 0) is 37.5 Å². The molecule has 1 aromatic heterocycles. The van der Waals surface area contributed by atoms with E-state index in [9.17, 15) is 14.0 Å². The van der Waals surface area contributed by atoms with Crippen LogP contribution in [0.5, 0.6) is 0 Å². The maximum atomic E-state index is 13.1. The van der Waals surface area contributed by atoms with E-state index in [2.05, 4.69) is 15.4 Å². The molecule has 2 unspecified atom stereocenters. The van der Waals surface area contributed by atoms with Crippen LogP contribution in [0.4, 0.5) is 9.18 Å². The van der Waals surface area contributed by atoms with Crippen molar-refractivity contribution in [2.75, 3.05) is 0 Å². The lowest BCUT2D eigenvalue weighted by Crippen LogP contribution is -2.53. The number of rotatable bonds is 2. The molecule has 0 bridgehead atoms. The Kier molecular flexibility index (Phi) is 3.74. The molecule has 2 aromatic rings. The summed E-state index contributed by atoms with van der Waals surface area (Å²) in [4.78, 5) is 31.0. The van der Waals surface area contributed by atoms with Gasteiger partial charge in [0.2, 0.25) is 5.91 Å². The van der Waals surface area contributed by atoms with Crippen molar-refractivity contribution in [3.63, 3.8) is 0 Å². The zero-order chi connectivity index (χ0) is 17.6. The maximum Gasteiger partial charge on any atom is 0.325 e. The summed E-state index contributed by atoms with van der Waals surface area (Å²) in [6.07, 6.45) is 1.65. The molecular formula is C17H18FN5O2. The zero-order valence-electron chi connectivity index (χ0n) is 13.8. The van der Waals surface area contributed by atoms with E-state index in [1.165, 1.54) is 17.0 Å². The van der Waals surface area contributed by atoms with E-state index in [-0.39, 0.29) is 18.1 Å². The summed E-state index contributed by atoms with van der Waals surface area (Å²) < 4.78 is 14.9. The van der Waals surface area contributed by atoms with Gasteiger partial charge < -0.3 is 5.32 Å². The summed E-state index contributed by atoms with van der Waals surface area (Å²) in [5.41, 5.74) is 0.713. The third kappa shape index (κ3) is 2.77. The number of urea groups is 1. The number of amides is 3. The molecule has 1 aromatic carbocycles. The van der Waals surface area contributed by atoms with Crippen LogP contribution in [-0.2, 0) is 11.3 Å². The number of halogens is 1. The van der Waals surface area contributed by atoms with Crippen LogP contribution < -0.4 is 5.32 Å². The number of carbonyl (C=O) groups excluding carboxylic acids is 2. The Bertz CT molecular complexity index is 814. The average molecular weight is 343 g/mol. The van der Waals surface area contributed by atoms with Crippen LogP contribution in [0.3, 0.4) is 0 Å². The van der Waals surface area contributed by atoms with Crippen molar-refractivity contribution in [3.05, 3.63) is 47.3 Å². The first-order valence-corrected chi connectivity index (χ1v) is 8.32. The van der Waals surface area contributed by atoms with Crippen LogP contribution in [-0.4, -0.2) is 31.6 Å². The predicted octanol–water partition coefficient (Wildman–Crippen LogP) is 2.24. The largest absolute Gasteiger partial charge is 0.330 e. The summed E-state index contributed by atoms with van der Waals surface area (Å²) in [6, 6.07) is 4.55. The van der Waals surface area contributed by atoms with E-state index in [1.807, 2.05) is 0 Å². The van der Waals surface area contributed by atoms with Gasteiger partial charge in [0.1, 0.15) is 17.7 Å². The van der Waals surface area contributed by atoms with E-state index in [0.29, 0.717) is 23.6 Å². The summed E-state index contributed by atoms with van der Waals surface area (Å²) in [7, 11) is 0. The van der Waals surface area contributed by atoms with Crippen molar-refractivity contribution in [1.82, 2.24) is 25.0 Å². The Hall–Kier alpha value is -2.77. The quantitative estimate of drug-likeness (QED) is 0.907. The third-order valence-corrected chi connectivity index (χ3v) is 4.70. The number of aryl methyl sites for hydroxylation is 2. The first kappa shape index (κ1) is 15.7. The van der Waals surface area contributed by atoms with Gasteiger partial charge in [-0.15, -0.1) is 0 Å². The highest BCUT2D eigenvalue weighted by molar-refractivity contribution is 5.97. The Balaban J connectivity index is 1.58. The molecule has 25 heavy (non-hydrogen) atoms. The molecule has 7 nitrogen and oxygen atoms in total. The first-order chi connectivity index (χ1) is 12.0. The second-order valence-corrected chi connectivity index (χ2v) is 6.42. The molecule has 1 fully saturated rings. The number of imide groups is 1. The van der Waals surface area contributed by atoms with Crippen LogP contribution in [0.15, 0.2) is 24.3 Å². The van der Waals surface area contributed by atoms with E-state index in [1.54, 1.807) is 23.7 Å². The SMILES string of the molecule is Cc1nc2n(n1)CCCC2N1C(=O)CC(c2ccc(F)cc2)NC1=O. The van der Waals surface area contributed by atoms with E-state index in [0.717, 1.165) is 13.0 Å². The van der Waals surface area contributed by atoms with Crippen molar-refractivity contribution >= 4 is 11.9 Å². The Morgan fingerprint density at radius 3 is 2.72 bits per heavy atom. The molecular weight excluding hydrogens is 325 g/mol. The van der Waals surface area contributed by atoms with Crippen LogP contribution in [0, 0.1) is 12.7 Å². The number of hydrogen-bond donors (Lipinski definition) is 1. The summed E-state index contributed by atoms with van der Waals surface area (Å²) >= 11 is 0. The van der Waals surface area contributed by atoms with Gasteiger partial charge in [-0.2, -0.15) is 5.10 Å². The van der Waals surface area contributed by atoms with Gasteiger partial charge in [0.15, 0.2) is 5.82 Å². The third-order valence-electron chi connectivity index (χ3n) is 4.70. The second kappa shape index (κ2) is 5.94. The lowest BCUT2D eigenvalue weighted by Gasteiger charge is -2.37. The molecule has 0 spiro atoms. The highest BCUT2D eigenvalue weighted by Gasteiger charge is 2.40. The summed E-state index contributed by atoms with van der Waals surface area (Å²) in [6.45, 7) is 2.54. The van der Waals surface area contributed by atoms with Crippen molar-refractivity contribution < 1.29 is 14.0 Å². The van der Waals surface area contributed by atoms with Crippen molar-refractivity contribution in [2.45, 2.75) is 44.8 Å². The predicted molar refractivity (Wildman–Crippen MR) is 85.9 cm³/mol. The number of fused-ring (bicyclic) bond motifs is 1. The molecule has 0 aliphatic carbocycles. The molecule has 2 aliphatic heterocycles. The van der Waals surface area contributed by atoms with Crippen LogP contribution in [0.1, 0.15) is 48.6 Å². The number of aromatic nitrogens is 3. The molecule has 0 radical (unpaired) electrons. The van der Waals surface area contributed by atoms with E-state index < -0.39 is 18.1 Å². The van der Waals surface area contributed by atoms with Gasteiger partial charge in [-0.3, -0.25) is 9.69 Å². The van der Waals surface area contributed by atoms with Gasteiger partial charge in [0, 0.05) is 6.54 Å². The lowest BCUT2D eigenvalue weighted by molar-refractivity contribution is -0.132. The molecule has 3 amide bonds. The van der Waals surface area contributed by atoms with Crippen LogP contribution in [0.25, 0.3) is 0 Å². The zero-order valence-corrected chi connectivity index (χ0v) is 13.8. The summed E-state index contributed by atoms with van der Waals surface area (Å²) in [5, 5.41) is 7.17. The topological polar surface area (TPSA) is 80.1 Å². The minimum atomic E-state index is -0.444. The minimum absolute atomic E-state index is 0.140. The van der Waals surface area contributed by atoms with E-state index >= 15 is 0 Å². The Morgan fingerprint density at radius 1 is 1.24 bits per heavy atom. The molecule has 1 saturated heterocycles. The average Bonchev–Trinajstić information content (AvgIpc) is 2.96. The second-order valence-electron chi connectivity index (χ2n) is 6.42. The van der Waals surface area contributed by atoms with Gasteiger partial charge >= 0.3 is 6.03 Å². The van der Waals surface area contributed by atoms with Crippen LogP contribution in [0.2, 0.25) is 0 Å². The van der Waals surface area contributed by atoms with Crippen molar-refractivity contribution in [2.24, 2.45) is 0 Å². The number of carbonyl (C=O) groups is 2. The van der Waals surface area contributed by atoms with Crippen LogP contribution >= 0.6 is 0 Å². The van der Waals surface area contributed by atoms with Gasteiger partial charge in [-0.25, -0.2) is 18.9 Å². The fraction of sp³-hybridized carbons (Fsp3) is 0.412. The molecule has 4 rings (SSSR count). The number of hydrogen-bond acceptors (Lipinski definition) is 4. The van der Waals surface area contributed by atoms with Gasteiger partial charge in [0.25, 0.3) is 0 Å². The molecule has 8 heteroatoms. The monoisotopic (exact) mass is 343 g/mol. The first-order valence-electron chi connectivity index (χ1n) is 8.32. The highest BCUT2D eigenvalue weighted by Crippen LogP contribution is 2.33. The van der Waals surface area contributed by atoms with Crippen molar-refractivity contribution in [3.8, 4) is 0 Å². The van der Waals surface area contributed by atoms with Gasteiger partial charge in [0.05, 0.1) is 12.5 Å². The molecule has 130 valence electrons. The molecule has 1 N–H and O–H groups in total. The Labute approximate surface area is 143 Å². The normalized spacial score (nSPS) is 23.4. The number of nitrogens with one attached hydrogen (secondary N) is 1. The fourth-order valence-corrected chi connectivity index (χ4v) is 3.56. The summed E-state index contributed by atoms with van der Waals surface area (Å²) in [5.74, 6) is 0.691.